The highest BCUT2D eigenvalue weighted by molar-refractivity contribution is 5.68. The van der Waals surface area contributed by atoms with Crippen molar-refractivity contribution in [2.75, 3.05) is 18.4 Å². The first-order valence-electron chi connectivity index (χ1n) is 10.8. The maximum Gasteiger partial charge on any atom is 0.410 e. The minimum Gasteiger partial charge on any atom is -0.444 e. The monoisotopic (exact) mass is 412 g/mol. The van der Waals surface area contributed by atoms with E-state index in [2.05, 4.69) is 26.8 Å². The molecule has 4 rings (SSSR count). The first kappa shape index (κ1) is 20.6. The molecule has 1 saturated heterocycles. The molecule has 1 aliphatic carbocycles. The van der Waals surface area contributed by atoms with Crippen molar-refractivity contribution < 1.29 is 9.53 Å². The van der Waals surface area contributed by atoms with Gasteiger partial charge in [-0.15, -0.1) is 0 Å². The minimum atomic E-state index is -0.477. The van der Waals surface area contributed by atoms with E-state index < -0.39 is 5.60 Å². The molecular weight excluding hydrogens is 380 g/mol. The number of nitrogens with one attached hydrogen (secondary N) is 1. The number of nitrogens with zero attached hydrogens (tertiary/aromatic N) is 5. The lowest BCUT2D eigenvalue weighted by atomic mass is 9.94. The lowest BCUT2D eigenvalue weighted by molar-refractivity contribution is 0.0165. The summed E-state index contributed by atoms with van der Waals surface area (Å²) in [7, 11) is 2.04. The van der Waals surface area contributed by atoms with E-state index in [-0.39, 0.29) is 18.1 Å². The van der Waals surface area contributed by atoms with Gasteiger partial charge in [-0.3, -0.25) is 0 Å². The molecule has 0 aromatic carbocycles. The number of fused-ring (bicyclic) bond motifs is 3. The fourth-order valence-corrected chi connectivity index (χ4v) is 4.28. The van der Waals surface area contributed by atoms with Crippen LogP contribution < -0.4 is 5.32 Å². The molecule has 2 aromatic heterocycles. The third kappa shape index (κ3) is 4.00. The van der Waals surface area contributed by atoms with Crippen molar-refractivity contribution >= 4 is 12.0 Å². The van der Waals surface area contributed by atoms with Crippen LogP contribution in [0.2, 0.25) is 0 Å². The Kier molecular flexibility index (Phi) is 5.20. The summed E-state index contributed by atoms with van der Waals surface area (Å²) in [6.45, 7) is 11.2. The number of rotatable bonds is 2. The van der Waals surface area contributed by atoms with Crippen LogP contribution in [0, 0.1) is 12.8 Å². The number of amides is 1. The van der Waals surface area contributed by atoms with Gasteiger partial charge in [0.15, 0.2) is 0 Å². The summed E-state index contributed by atoms with van der Waals surface area (Å²) in [4.78, 5) is 28.3. The molecular formula is C22H32N6O2. The normalized spacial score (nSPS) is 21.1. The summed E-state index contributed by atoms with van der Waals surface area (Å²) in [5.41, 5.74) is 3.90. The second-order valence-corrected chi connectivity index (χ2v) is 9.52. The molecule has 1 aliphatic heterocycles. The van der Waals surface area contributed by atoms with Gasteiger partial charge in [0.2, 0.25) is 5.95 Å². The number of anilines is 1. The number of imidazole rings is 1. The van der Waals surface area contributed by atoms with Crippen molar-refractivity contribution in [1.82, 2.24) is 24.4 Å². The Labute approximate surface area is 178 Å². The molecule has 162 valence electrons. The molecule has 2 atom stereocenters. The van der Waals surface area contributed by atoms with Crippen LogP contribution in [0.1, 0.15) is 51.2 Å². The highest BCUT2D eigenvalue weighted by Crippen LogP contribution is 2.32. The third-order valence-electron chi connectivity index (χ3n) is 5.98. The van der Waals surface area contributed by atoms with Gasteiger partial charge in [0.05, 0.1) is 17.1 Å². The Morgan fingerprint density at radius 2 is 2.03 bits per heavy atom. The van der Waals surface area contributed by atoms with Crippen LogP contribution in [0.3, 0.4) is 0 Å². The van der Waals surface area contributed by atoms with E-state index in [1.54, 1.807) is 4.90 Å². The molecule has 2 aliphatic rings. The molecule has 8 nitrogen and oxygen atoms in total. The van der Waals surface area contributed by atoms with Gasteiger partial charge in [-0.25, -0.2) is 19.7 Å². The van der Waals surface area contributed by atoms with Crippen LogP contribution >= 0.6 is 0 Å². The van der Waals surface area contributed by atoms with Crippen molar-refractivity contribution in [3.05, 3.63) is 23.3 Å². The Morgan fingerprint density at radius 3 is 2.73 bits per heavy atom. The van der Waals surface area contributed by atoms with Gasteiger partial charge in [0.1, 0.15) is 11.4 Å². The maximum atomic E-state index is 12.4. The molecule has 0 spiro atoms. The van der Waals surface area contributed by atoms with Gasteiger partial charge in [0, 0.05) is 32.4 Å². The summed E-state index contributed by atoms with van der Waals surface area (Å²) in [6.07, 6.45) is 4.38. The van der Waals surface area contributed by atoms with Crippen LogP contribution in [-0.2, 0) is 24.6 Å². The zero-order valence-corrected chi connectivity index (χ0v) is 18.8. The lowest BCUT2D eigenvalue weighted by Crippen LogP contribution is -2.49. The molecule has 2 unspecified atom stereocenters. The Bertz CT molecular complexity index is 961. The van der Waals surface area contributed by atoms with Gasteiger partial charge in [-0.05, 0) is 58.4 Å². The van der Waals surface area contributed by atoms with Crippen LogP contribution in [0.15, 0.2) is 6.20 Å². The van der Waals surface area contributed by atoms with E-state index in [0.29, 0.717) is 19.0 Å². The topological polar surface area (TPSA) is 85.2 Å². The lowest BCUT2D eigenvalue weighted by Gasteiger charge is -2.37. The number of hydrogen-bond donors (Lipinski definition) is 1. The number of aromatic nitrogens is 4. The number of ether oxygens (including phenoxy) is 1. The number of piperidine rings is 1. The smallest absolute Gasteiger partial charge is 0.410 e. The minimum absolute atomic E-state index is 0.207. The number of carbonyl (C=O) groups is 1. The molecule has 0 bridgehead atoms. The van der Waals surface area contributed by atoms with E-state index in [1.165, 1.54) is 5.56 Å². The second kappa shape index (κ2) is 7.56. The predicted octanol–water partition coefficient (Wildman–Crippen LogP) is 3.34. The molecule has 3 heterocycles. The van der Waals surface area contributed by atoms with Crippen molar-refractivity contribution in [3.63, 3.8) is 0 Å². The average molecular weight is 413 g/mol. The first-order chi connectivity index (χ1) is 14.1. The highest BCUT2D eigenvalue weighted by atomic mass is 16.6. The van der Waals surface area contributed by atoms with Crippen molar-refractivity contribution in [2.45, 2.75) is 65.5 Å². The molecule has 30 heavy (non-hydrogen) atoms. The van der Waals surface area contributed by atoms with Gasteiger partial charge in [0.25, 0.3) is 0 Å². The predicted molar refractivity (Wildman–Crippen MR) is 115 cm³/mol. The number of hydrogen-bond acceptors (Lipinski definition) is 6. The molecule has 0 saturated carbocycles. The zero-order chi connectivity index (χ0) is 21.6. The van der Waals surface area contributed by atoms with Gasteiger partial charge < -0.3 is 19.5 Å². The van der Waals surface area contributed by atoms with E-state index in [9.17, 15) is 4.79 Å². The summed E-state index contributed by atoms with van der Waals surface area (Å²) in [5.74, 6) is 1.91. The molecule has 1 N–H and O–H groups in total. The SMILES string of the molecule is Cc1nc2c(n1C)-c1nc(NC3CCN(C(=O)OC(C)(C)C)CC3C)ncc1CC2. The number of carbonyl (C=O) groups excluding carboxylic acids is 1. The largest absolute Gasteiger partial charge is 0.444 e. The Hall–Kier alpha value is -2.64. The van der Waals surface area contributed by atoms with E-state index in [0.717, 1.165) is 42.2 Å². The van der Waals surface area contributed by atoms with E-state index in [1.807, 2.05) is 40.9 Å². The van der Waals surface area contributed by atoms with Crippen LogP contribution in [-0.4, -0.2) is 55.2 Å². The second-order valence-electron chi connectivity index (χ2n) is 9.52. The van der Waals surface area contributed by atoms with Crippen molar-refractivity contribution in [1.29, 1.82) is 0 Å². The van der Waals surface area contributed by atoms with Crippen molar-refractivity contribution in [3.8, 4) is 11.4 Å². The first-order valence-corrected chi connectivity index (χ1v) is 10.8. The van der Waals surface area contributed by atoms with Gasteiger partial charge >= 0.3 is 6.09 Å². The standard InChI is InChI=1S/C22H32N6O2/c1-13-12-28(21(29)30-22(3,4)5)10-9-16(13)25-20-23-11-15-7-8-17-19(18(15)26-20)27(6)14(2)24-17/h11,13,16H,7-10,12H2,1-6H3,(H,23,25,26). The fraction of sp³-hybridized carbons (Fsp3) is 0.636. The van der Waals surface area contributed by atoms with Crippen LogP contribution in [0.4, 0.5) is 10.7 Å². The van der Waals surface area contributed by atoms with E-state index >= 15 is 0 Å². The number of likely N-dealkylation sites (tertiary alicyclic amines) is 1. The summed E-state index contributed by atoms with van der Waals surface area (Å²) < 4.78 is 7.64. The summed E-state index contributed by atoms with van der Waals surface area (Å²) >= 11 is 0. The number of aryl methyl sites for hydroxylation is 3. The highest BCUT2D eigenvalue weighted by Gasteiger charge is 2.32. The van der Waals surface area contributed by atoms with Crippen LogP contribution in [0.25, 0.3) is 11.4 Å². The van der Waals surface area contributed by atoms with E-state index in [4.69, 9.17) is 9.72 Å². The quantitative estimate of drug-likeness (QED) is 0.814. The zero-order valence-electron chi connectivity index (χ0n) is 18.8. The molecule has 0 radical (unpaired) electrons. The average Bonchev–Trinajstić information content (AvgIpc) is 2.96. The molecule has 1 amide bonds. The Morgan fingerprint density at radius 1 is 1.27 bits per heavy atom. The maximum absolute atomic E-state index is 12.4. The Balaban J connectivity index is 1.47. The fourth-order valence-electron chi connectivity index (χ4n) is 4.28. The molecule has 1 fully saturated rings. The third-order valence-corrected chi connectivity index (χ3v) is 5.98. The summed E-state index contributed by atoms with van der Waals surface area (Å²) in [6, 6.07) is 0.207. The van der Waals surface area contributed by atoms with Gasteiger partial charge in [-0.2, -0.15) is 0 Å². The van der Waals surface area contributed by atoms with Gasteiger partial charge in [-0.1, -0.05) is 6.92 Å². The van der Waals surface area contributed by atoms with Crippen molar-refractivity contribution in [2.24, 2.45) is 13.0 Å². The molecule has 2 aromatic rings. The molecule has 8 heteroatoms. The van der Waals surface area contributed by atoms with Crippen LogP contribution in [0.5, 0.6) is 0 Å². The summed E-state index contributed by atoms with van der Waals surface area (Å²) in [5, 5.41) is 3.51.